The molecular formula is C16H18Br2N2O. The van der Waals surface area contributed by atoms with E-state index in [2.05, 4.69) is 61.2 Å². The third kappa shape index (κ3) is 4.53. The van der Waals surface area contributed by atoms with E-state index in [4.69, 9.17) is 4.74 Å². The summed E-state index contributed by atoms with van der Waals surface area (Å²) in [5.74, 6) is 0.846. The van der Waals surface area contributed by atoms with Gasteiger partial charge in [-0.25, -0.2) is 0 Å². The number of benzene rings is 1. The molecular weight excluding hydrogens is 396 g/mol. The number of hydrogen-bond acceptors (Lipinski definition) is 3. The molecule has 0 aliphatic rings. The van der Waals surface area contributed by atoms with Crippen LogP contribution >= 0.6 is 31.9 Å². The summed E-state index contributed by atoms with van der Waals surface area (Å²) in [5, 5.41) is 3.48. The quantitative estimate of drug-likeness (QED) is 0.734. The van der Waals surface area contributed by atoms with Crippen molar-refractivity contribution in [1.29, 1.82) is 0 Å². The molecule has 1 N–H and O–H groups in total. The second-order valence-electron chi connectivity index (χ2n) is 4.68. The van der Waals surface area contributed by atoms with Crippen LogP contribution in [0.25, 0.3) is 0 Å². The first kappa shape index (κ1) is 16.5. The molecule has 0 aliphatic carbocycles. The summed E-state index contributed by atoms with van der Waals surface area (Å²) in [5.41, 5.74) is 2.22. The Balaban J connectivity index is 2.04. The van der Waals surface area contributed by atoms with Crippen LogP contribution in [0.15, 0.2) is 45.5 Å². The molecule has 1 aromatic heterocycles. The minimum absolute atomic E-state index is 0.204. The van der Waals surface area contributed by atoms with Crippen LogP contribution in [0.2, 0.25) is 0 Å². The van der Waals surface area contributed by atoms with Gasteiger partial charge < -0.3 is 10.1 Å². The number of hydrogen-bond donors (Lipinski definition) is 1. The second kappa shape index (κ2) is 7.92. The van der Waals surface area contributed by atoms with Crippen LogP contribution in [0.3, 0.4) is 0 Å². The number of aromatic nitrogens is 1. The molecule has 3 nitrogen and oxygen atoms in total. The highest BCUT2D eigenvalue weighted by atomic mass is 79.9. The van der Waals surface area contributed by atoms with Gasteiger partial charge in [0.1, 0.15) is 5.75 Å². The lowest BCUT2D eigenvalue weighted by Crippen LogP contribution is -2.19. The van der Waals surface area contributed by atoms with E-state index in [0.29, 0.717) is 6.61 Å². The molecule has 0 bridgehead atoms. The Morgan fingerprint density at radius 3 is 2.52 bits per heavy atom. The fraction of sp³-hybridized carbons (Fsp3) is 0.312. The van der Waals surface area contributed by atoms with Crippen LogP contribution in [0.4, 0.5) is 0 Å². The molecule has 0 unspecified atom stereocenters. The van der Waals surface area contributed by atoms with Gasteiger partial charge in [-0.3, -0.25) is 4.98 Å². The maximum absolute atomic E-state index is 5.59. The first-order valence-corrected chi connectivity index (χ1v) is 8.45. The fourth-order valence-electron chi connectivity index (χ4n) is 2.00. The first-order chi connectivity index (χ1) is 10.1. The van der Waals surface area contributed by atoms with Crippen molar-refractivity contribution < 1.29 is 4.74 Å². The lowest BCUT2D eigenvalue weighted by molar-refractivity contribution is 0.336. The van der Waals surface area contributed by atoms with E-state index in [1.54, 1.807) is 0 Å². The lowest BCUT2D eigenvalue weighted by Gasteiger charge is -2.15. The molecule has 5 heteroatoms. The van der Waals surface area contributed by atoms with Gasteiger partial charge in [-0.15, -0.1) is 0 Å². The Morgan fingerprint density at radius 1 is 1.24 bits per heavy atom. The van der Waals surface area contributed by atoms with Crippen LogP contribution in [-0.2, 0) is 6.54 Å². The van der Waals surface area contributed by atoms with Gasteiger partial charge in [0.2, 0.25) is 0 Å². The Kier molecular flexibility index (Phi) is 6.21. The van der Waals surface area contributed by atoms with Gasteiger partial charge in [0.05, 0.1) is 21.2 Å². The van der Waals surface area contributed by atoms with Crippen molar-refractivity contribution in [3.05, 3.63) is 56.7 Å². The predicted octanol–water partition coefficient (Wildman–Crippen LogP) is 4.86. The summed E-state index contributed by atoms with van der Waals surface area (Å²) in [6, 6.07) is 10.3. The zero-order valence-corrected chi connectivity index (χ0v) is 15.2. The number of pyridine rings is 1. The van der Waals surface area contributed by atoms with Crippen molar-refractivity contribution in [2.75, 3.05) is 6.61 Å². The molecule has 1 atom stereocenters. The lowest BCUT2D eigenvalue weighted by atomic mass is 10.1. The van der Waals surface area contributed by atoms with Crippen molar-refractivity contribution in [1.82, 2.24) is 10.3 Å². The van der Waals surface area contributed by atoms with Gasteiger partial charge in [0.15, 0.2) is 0 Å². The third-order valence-corrected chi connectivity index (χ3v) is 4.27. The highest BCUT2D eigenvalue weighted by Gasteiger charge is 2.10. The van der Waals surface area contributed by atoms with Crippen LogP contribution in [0, 0.1) is 0 Å². The molecule has 0 aliphatic heterocycles. The molecule has 0 fully saturated rings. The molecule has 0 saturated carbocycles. The van der Waals surface area contributed by atoms with E-state index < -0.39 is 0 Å². The number of rotatable bonds is 6. The summed E-state index contributed by atoms with van der Waals surface area (Å²) in [4.78, 5) is 4.36. The molecule has 0 spiro atoms. The van der Waals surface area contributed by atoms with Crippen LogP contribution in [-0.4, -0.2) is 11.6 Å². The van der Waals surface area contributed by atoms with Crippen molar-refractivity contribution in [3.63, 3.8) is 0 Å². The molecule has 0 saturated heterocycles. The molecule has 1 heterocycles. The van der Waals surface area contributed by atoms with E-state index in [9.17, 15) is 0 Å². The van der Waals surface area contributed by atoms with Crippen molar-refractivity contribution in [2.24, 2.45) is 0 Å². The van der Waals surface area contributed by atoms with E-state index in [1.165, 1.54) is 5.56 Å². The topological polar surface area (TPSA) is 34.1 Å². The average Bonchev–Trinajstić information content (AvgIpc) is 2.49. The van der Waals surface area contributed by atoms with Gasteiger partial charge in [0, 0.05) is 18.8 Å². The standard InChI is InChI=1S/C16H18Br2N2O/c1-3-21-16-13(17)8-12(9-14(16)18)10-20-11(2)15-6-4-5-7-19-15/h4-9,11,20H,3,10H2,1-2H3/t11-/m0/s1. The Bertz CT molecular complexity index is 567. The second-order valence-corrected chi connectivity index (χ2v) is 6.39. The molecule has 21 heavy (non-hydrogen) atoms. The van der Waals surface area contributed by atoms with Crippen LogP contribution in [0.1, 0.15) is 31.1 Å². The van der Waals surface area contributed by atoms with E-state index in [1.807, 2.05) is 31.3 Å². The molecule has 2 aromatic rings. The number of ether oxygens (including phenoxy) is 1. The molecule has 2 rings (SSSR count). The van der Waals surface area contributed by atoms with Gasteiger partial charge >= 0.3 is 0 Å². The largest absolute Gasteiger partial charge is 0.492 e. The van der Waals surface area contributed by atoms with Crippen LogP contribution < -0.4 is 10.1 Å². The van der Waals surface area contributed by atoms with E-state index in [-0.39, 0.29) is 6.04 Å². The maximum atomic E-state index is 5.59. The van der Waals surface area contributed by atoms with Crippen molar-refractivity contribution in [3.8, 4) is 5.75 Å². The third-order valence-electron chi connectivity index (χ3n) is 3.09. The summed E-state index contributed by atoms with van der Waals surface area (Å²) >= 11 is 7.11. The van der Waals surface area contributed by atoms with E-state index in [0.717, 1.165) is 26.9 Å². The predicted molar refractivity (Wildman–Crippen MR) is 92.5 cm³/mol. The molecule has 0 amide bonds. The smallest absolute Gasteiger partial charge is 0.147 e. The number of halogens is 2. The van der Waals surface area contributed by atoms with Gasteiger partial charge in [-0.2, -0.15) is 0 Å². The maximum Gasteiger partial charge on any atom is 0.147 e. The Hall–Kier alpha value is -0.910. The van der Waals surface area contributed by atoms with Gasteiger partial charge in [0.25, 0.3) is 0 Å². The van der Waals surface area contributed by atoms with Gasteiger partial charge in [-0.05, 0) is 75.5 Å². The number of nitrogens with zero attached hydrogens (tertiary/aromatic N) is 1. The average molecular weight is 414 g/mol. The molecule has 112 valence electrons. The fourth-order valence-corrected chi connectivity index (χ4v) is 3.51. The zero-order valence-electron chi connectivity index (χ0n) is 12.1. The SMILES string of the molecule is CCOc1c(Br)cc(CN[C@@H](C)c2ccccn2)cc1Br. The van der Waals surface area contributed by atoms with E-state index >= 15 is 0 Å². The normalized spacial score (nSPS) is 12.2. The summed E-state index contributed by atoms with van der Waals surface area (Å²) in [7, 11) is 0. The first-order valence-electron chi connectivity index (χ1n) is 6.86. The Labute approximate surface area is 142 Å². The summed E-state index contributed by atoms with van der Waals surface area (Å²) in [6.07, 6.45) is 1.82. The van der Waals surface area contributed by atoms with Crippen molar-refractivity contribution in [2.45, 2.75) is 26.4 Å². The highest BCUT2D eigenvalue weighted by Crippen LogP contribution is 2.34. The minimum Gasteiger partial charge on any atom is -0.492 e. The van der Waals surface area contributed by atoms with Gasteiger partial charge in [-0.1, -0.05) is 6.07 Å². The molecule has 1 aromatic carbocycles. The zero-order chi connectivity index (χ0) is 15.2. The summed E-state index contributed by atoms with van der Waals surface area (Å²) in [6.45, 7) is 5.50. The van der Waals surface area contributed by atoms with Crippen LogP contribution in [0.5, 0.6) is 5.75 Å². The van der Waals surface area contributed by atoms with Crippen molar-refractivity contribution >= 4 is 31.9 Å². The minimum atomic E-state index is 0.204. The number of nitrogens with one attached hydrogen (secondary N) is 1. The Morgan fingerprint density at radius 2 is 1.95 bits per heavy atom. The molecule has 0 radical (unpaired) electrons. The summed E-state index contributed by atoms with van der Waals surface area (Å²) < 4.78 is 7.51. The monoisotopic (exact) mass is 412 g/mol. The highest BCUT2D eigenvalue weighted by molar-refractivity contribution is 9.11.